The molecule has 1 aliphatic rings. The van der Waals surface area contributed by atoms with Crippen molar-refractivity contribution in [2.24, 2.45) is 22.9 Å². The van der Waals surface area contributed by atoms with Gasteiger partial charge in [-0.25, -0.2) is 0 Å². The smallest absolute Gasteiger partial charge is 0.231 e. The van der Waals surface area contributed by atoms with Crippen molar-refractivity contribution < 1.29 is 9.47 Å². The van der Waals surface area contributed by atoms with Gasteiger partial charge in [-0.1, -0.05) is 24.3 Å². The van der Waals surface area contributed by atoms with E-state index < -0.39 is 0 Å². The van der Waals surface area contributed by atoms with Gasteiger partial charge in [0.1, 0.15) is 0 Å². The van der Waals surface area contributed by atoms with Crippen molar-refractivity contribution in [1.82, 2.24) is 10.6 Å². The van der Waals surface area contributed by atoms with E-state index >= 15 is 0 Å². The van der Waals surface area contributed by atoms with Gasteiger partial charge in [-0.3, -0.25) is 0 Å². The second kappa shape index (κ2) is 16.8. The molecule has 8 nitrogen and oxygen atoms in total. The molecule has 0 fully saturated rings. The summed E-state index contributed by atoms with van der Waals surface area (Å²) in [5.74, 6) is 1.58. The molecule has 0 saturated carbocycles. The van der Waals surface area contributed by atoms with Gasteiger partial charge in [0.2, 0.25) is 6.79 Å². The number of fused-ring (bicyclic) bond motifs is 1. The third-order valence-corrected chi connectivity index (χ3v) is 6.25. The minimum Gasteiger partial charge on any atom is -0.454 e. The van der Waals surface area contributed by atoms with E-state index in [1.165, 1.54) is 11.1 Å². The summed E-state index contributed by atoms with van der Waals surface area (Å²) >= 11 is 0. The Labute approximate surface area is 222 Å². The van der Waals surface area contributed by atoms with Gasteiger partial charge < -0.3 is 43.0 Å². The molecule has 202 valence electrons. The van der Waals surface area contributed by atoms with Gasteiger partial charge >= 0.3 is 0 Å². The number of rotatable bonds is 17. The van der Waals surface area contributed by atoms with Gasteiger partial charge in [-0.05, 0) is 112 Å². The van der Waals surface area contributed by atoms with Gasteiger partial charge in [0.05, 0.1) is 0 Å². The predicted octanol–water partition coefficient (Wildman–Crippen LogP) is 1.90. The van der Waals surface area contributed by atoms with E-state index in [2.05, 4.69) is 34.9 Å². The van der Waals surface area contributed by atoms with Crippen molar-refractivity contribution in [2.75, 3.05) is 46.1 Å². The van der Waals surface area contributed by atoms with Crippen LogP contribution in [0.3, 0.4) is 0 Å². The van der Waals surface area contributed by atoms with Crippen LogP contribution in [0.2, 0.25) is 0 Å². The zero-order chi connectivity index (χ0) is 24.9. The number of benzene rings is 2. The van der Waals surface area contributed by atoms with E-state index in [1.54, 1.807) is 0 Å². The molecule has 0 amide bonds. The number of hydrogen-bond donors (Lipinski definition) is 6. The molecule has 0 saturated heterocycles. The van der Waals surface area contributed by atoms with Crippen LogP contribution in [0.5, 0.6) is 11.5 Å². The van der Waals surface area contributed by atoms with Crippen LogP contribution in [0.1, 0.15) is 36.8 Å². The maximum Gasteiger partial charge on any atom is 0.231 e. The highest BCUT2D eigenvalue weighted by molar-refractivity contribution is 5.85. The lowest BCUT2D eigenvalue weighted by Crippen LogP contribution is -2.30. The molecule has 0 bridgehead atoms. The Morgan fingerprint density at radius 3 is 1.81 bits per heavy atom. The summed E-state index contributed by atoms with van der Waals surface area (Å²) in [6.45, 7) is 5.36. The van der Waals surface area contributed by atoms with Crippen LogP contribution in [0.4, 0.5) is 0 Å². The van der Waals surface area contributed by atoms with Crippen molar-refractivity contribution >= 4 is 12.4 Å². The van der Waals surface area contributed by atoms with Crippen molar-refractivity contribution in [3.8, 4) is 22.6 Å². The SMILES string of the molecule is Cl.NCCCNCCC(N)Cc1cc(CC(N)CCNCCCN)cc(-c2ccc3c(c2)OCO3)c1. The first-order chi connectivity index (χ1) is 17.1. The van der Waals surface area contributed by atoms with Crippen molar-refractivity contribution in [2.45, 2.75) is 50.6 Å². The fourth-order valence-electron chi connectivity index (χ4n) is 4.33. The largest absolute Gasteiger partial charge is 0.454 e. The van der Waals surface area contributed by atoms with Crippen molar-refractivity contribution in [3.05, 3.63) is 47.5 Å². The third-order valence-electron chi connectivity index (χ3n) is 6.25. The van der Waals surface area contributed by atoms with Gasteiger partial charge in [0.15, 0.2) is 11.5 Å². The molecule has 2 aromatic carbocycles. The Hall–Kier alpha value is -1.91. The van der Waals surface area contributed by atoms with Crippen LogP contribution in [0.25, 0.3) is 11.1 Å². The van der Waals surface area contributed by atoms with Gasteiger partial charge in [0, 0.05) is 12.1 Å². The Bertz CT molecular complexity index is 860. The van der Waals surface area contributed by atoms with Crippen molar-refractivity contribution in [3.63, 3.8) is 0 Å². The summed E-state index contributed by atoms with van der Waals surface area (Å²) in [7, 11) is 0. The van der Waals surface area contributed by atoms with Gasteiger partial charge in [-0.2, -0.15) is 0 Å². The molecule has 3 rings (SSSR count). The maximum atomic E-state index is 6.50. The molecule has 1 heterocycles. The fraction of sp³-hybridized carbons (Fsp3) is 0.556. The first-order valence-electron chi connectivity index (χ1n) is 12.9. The average molecular weight is 521 g/mol. The monoisotopic (exact) mass is 520 g/mol. The summed E-state index contributed by atoms with van der Waals surface area (Å²) in [4.78, 5) is 0. The molecule has 0 aliphatic carbocycles. The first-order valence-corrected chi connectivity index (χ1v) is 12.9. The second-order valence-corrected chi connectivity index (χ2v) is 9.40. The Morgan fingerprint density at radius 1 is 0.694 bits per heavy atom. The maximum absolute atomic E-state index is 6.50. The quantitative estimate of drug-likeness (QED) is 0.173. The predicted molar refractivity (Wildman–Crippen MR) is 151 cm³/mol. The highest BCUT2D eigenvalue weighted by Gasteiger charge is 2.16. The van der Waals surface area contributed by atoms with E-state index in [1.807, 2.05) is 12.1 Å². The lowest BCUT2D eigenvalue weighted by Gasteiger charge is -2.17. The molecule has 1 aliphatic heterocycles. The molecule has 10 N–H and O–H groups in total. The Morgan fingerprint density at radius 2 is 1.25 bits per heavy atom. The van der Waals surface area contributed by atoms with E-state index in [4.69, 9.17) is 32.4 Å². The third kappa shape index (κ3) is 10.2. The van der Waals surface area contributed by atoms with Gasteiger partial charge in [0.25, 0.3) is 0 Å². The summed E-state index contributed by atoms with van der Waals surface area (Å²) in [5.41, 5.74) is 28.8. The number of nitrogens with one attached hydrogen (secondary N) is 2. The van der Waals surface area contributed by atoms with Crippen LogP contribution in [0, 0.1) is 0 Å². The second-order valence-electron chi connectivity index (χ2n) is 9.40. The van der Waals surface area contributed by atoms with Crippen LogP contribution in [0.15, 0.2) is 36.4 Å². The molecule has 2 atom stereocenters. The molecule has 0 aromatic heterocycles. The van der Waals surface area contributed by atoms with Crippen molar-refractivity contribution in [1.29, 1.82) is 0 Å². The van der Waals surface area contributed by atoms with Crippen LogP contribution < -0.4 is 43.0 Å². The average Bonchev–Trinajstić information content (AvgIpc) is 3.31. The number of ether oxygens (including phenoxy) is 2. The van der Waals surface area contributed by atoms with E-state index in [9.17, 15) is 0 Å². The minimum absolute atomic E-state index is 0. The van der Waals surface area contributed by atoms with Gasteiger partial charge in [-0.15, -0.1) is 12.4 Å². The molecule has 2 aromatic rings. The summed E-state index contributed by atoms with van der Waals surface area (Å²) in [6, 6.07) is 13.0. The van der Waals surface area contributed by atoms with E-state index in [0.717, 1.165) is 87.3 Å². The summed E-state index contributed by atoms with van der Waals surface area (Å²) < 4.78 is 11.1. The Kier molecular flexibility index (Phi) is 14.1. The molecular weight excluding hydrogens is 476 g/mol. The molecule has 0 radical (unpaired) electrons. The summed E-state index contributed by atoms with van der Waals surface area (Å²) in [6.07, 6.45) is 5.45. The van der Waals surface area contributed by atoms with E-state index in [0.29, 0.717) is 13.1 Å². The van der Waals surface area contributed by atoms with E-state index in [-0.39, 0.29) is 31.3 Å². The molecular formula is C27H45ClN6O2. The lowest BCUT2D eigenvalue weighted by molar-refractivity contribution is 0.174. The molecule has 9 heteroatoms. The van der Waals surface area contributed by atoms with Crippen LogP contribution >= 0.6 is 12.4 Å². The molecule has 36 heavy (non-hydrogen) atoms. The topological polar surface area (TPSA) is 147 Å². The normalized spacial score (nSPS) is 13.9. The zero-order valence-corrected chi connectivity index (χ0v) is 22.2. The lowest BCUT2D eigenvalue weighted by atomic mass is 9.93. The Balaban J connectivity index is 0.00000456. The minimum atomic E-state index is 0. The molecule has 0 spiro atoms. The number of nitrogens with two attached hydrogens (primary N) is 4. The summed E-state index contributed by atoms with van der Waals surface area (Å²) in [5, 5.41) is 6.84. The fourth-order valence-corrected chi connectivity index (χ4v) is 4.33. The van der Waals surface area contributed by atoms with Crippen LogP contribution in [-0.4, -0.2) is 58.1 Å². The molecule has 2 unspecified atom stereocenters. The van der Waals surface area contributed by atoms with Crippen LogP contribution in [-0.2, 0) is 12.8 Å². The number of halogens is 1. The first kappa shape index (κ1) is 30.3. The standard InChI is InChI=1S/C27H44N6O2.ClH/c28-7-1-9-32-11-5-24(30)16-20-13-21(17-25(31)6-12-33-10-2-8-29)15-23(14-20)22-3-4-26-27(18-22)35-19-34-26;/h3-4,13-15,18,24-25,32-33H,1-2,5-12,16-17,19,28-31H2;1H. The highest BCUT2D eigenvalue weighted by atomic mass is 35.5. The number of hydrogen-bond acceptors (Lipinski definition) is 8. The highest BCUT2D eigenvalue weighted by Crippen LogP contribution is 2.36. The zero-order valence-electron chi connectivity index (χ0n) is 21.3.